The van der Waals surface area contributed by atoms with E-state index in [1.807, 2.05) is 0 Å². The summed E-state index contributed by atoms with van der Waals surface area (Å²) in [5, 5.41) is 20.3. The van der Waals surface area contributed by atoms with E-state index in [1.54, 1.807) is 58.9 Å². The first kappa shape index (κ1) is 19.5. The normalized spacial score (nSPS) is 12.0. The Morgan fingerprint density at radius 1 is 1.26 bits per heavy atom. The molecule has 0 saturated heterocycles. The first-order valence-electron chi connectivity index (χ1n) is 7.53. The molecule has 1 aromatic rings. The van der Waals surface area contributed by atoms with Crippen LogP contribution in [0.25, 0.3) is 0 Å². The van der Waals surface area contributed by atoms with E-state index in [4.69, 9.17) is 14.1 Å². The molecule has 6 nitrogen and oxygen atoms in total. The fraction of sp³-hybridized carbons (Fsp3) is 0.562. The van der Waals surface area contributed by atoms with E-state index in [0.717, 1.165) is 0 Å². The average molecular weight is 324 g/mol. The molecule has 0 radical (unpaired) electrons. The Kier molecular flexibility index (Phi) is 6.62. The van der Waals surface area contributed by atoms with Crippen LogP contribution in [0.15, 0.2) is 24.3 Å². The lowest BCUT2D eigenvalue weighted by Gasteiger charge is -2.38. The van der Waals surface area contributed by atoms with Gasteiger partial charge >= 0.3 is 13.1 Å². The zero-order valence-corrected chi connectivity index (χ0v) is 14.3. The van der Waals surface area contributed by atoms with E-state index in [0.29, 0.717) is 17.8 Å². The van der Waals surface area contributed by atoms with Crippen molar-refractivity contribution in [3.8, 4) is 5.75 Å². The van der Waals surface area contributed by atoms with E-state index < -0.39 is 24.3 Å². The molecule has 0 atom stereocenters. The topological polar surface area (TPSA) is 85.2 Å². The molecule has 1 rings (SSSR count). The van der Waals surface area contributed by atoms with Gasteiger partial charge < -0.3 is 24.3 Å². The molecule has 0 aliphatic heterocycles. The third-order valence-electron chi connectivity index (χ3n) is 3.68. The predicted molar refractivity (Wildman–Crippen MR) is 87.6 cm³/mol. The van der Waals surface area contributed by atoms with E-state index >= 15 is 0 Å². The van der Waals surface area contributed by atoms with Crippen LogP contribution in [0.2, 0.25) is 0 Å². The van der Waals surface area contributed by atoms with Crippen LogP contribution < -0.4 is 10.2 Å². The summed E-state index contributed by atoms with van der Waals surface area (Å²) in [6, 6.07) is 6.59. The second kappa shape index (κ2) is 7.81. The molecule has 0 saturated carbocycles. The Balaban J connectivity index is 2.74. The van der Waals surface area contributed by atoms with Gasteiger partial charge in [0.05, 0.1) is 17.8 Å². The molecule has 0 unspecified atom stereocenters. The van der Waals surface area contributed by atoms with Gasteiger partial charge in [0, 0.05) is 0 Å². The Hall–Kier alpha value is -1.57. The molecule has 128 valence electrons. The molecule has 0 aliphatic carbocycles. The summed E-state index contributed by atoms with van der Waals surface area (Å²) in [7, 11) is -1.23. The maximum atomic E-state index is 11.3. The van der Waals surface area contributed by atoms with Crippen molar-refractivity contribution in [2.75, 3.05) is 13.2 Å². The number of carbonyl (C=O) groups excluding carboxylic acids is 1. The second-order valence-electron chi connectivity index (χ2n) is 6.21. The van der Waals surface area contributed by atoms with Crippen molar-refractivity contribution in [2.24, 2.45) is 0 Å². The number of ether oxygens (including phenoxy) is 2. The highest BCUT2D eigenvalue weighted by molar-refractivity contribution is 6.60. The van der Waals surface area contributed by atoms with E-state index in [-0.39, 0.29) is 6.61 Å². The number of carbonyl (C=O) groups is 1. The summed E-state index contributed by atoms with van der Waals surface area (Å²) in [5.74, 6) is -0.0443. The molecule has 0 aromatic heterocycles. The van der Waals surface area contributed by atoms with Crippen LogP contribution in [-0.2, 0) is 14.2 Å². The number of aliphatic hydroxyl groups is 1. The van der Waals surface area contributed by atoms with Crippen molar-refractivity contribution in [1.82, 2.24) is 0 Å². The van der Waals surface area contributed by atoms with Gasteiger partial charge in [-0.3, -0.25) is 0 Å². The van der Waals surface area contributed by atoms with Crippen molar-refractivity contribution >= 4 is 18.6 Å². The average Bonchev–Trinajstić information content (AvgIpc) is 2.44. The molecule has 23 heavy (non-hydrogen) atoms. The fourth-order valence-electron chi connectivity index (χ4n) is 1.59. The summed E-state index contributed by atoms with van der Waals surface area (Å²) in [4.78, 5) is 11.3. The molecule has 1 aromatic carbocycles. The summed E-state index contributed by atoms with van der Waals surface area (Å²) >= 11 is 0. The van der Waals surface area contributed by atoms with Gasteiger partial charge in [-0.2, -0.15) is 0 Å². The molecular weight excluding hydrogens is 299 g/mol. The largest absolute Gasteiger partial charge is 0.491 e. The van der Waals surface area contributed by atoms with Gasteiger partial charge in [0.25, 0.3) is 0 Å². The van der Waals surface area contributed by atoms with Gasteiger partial charge in [-0.25, -0.2) is 4.79 Å². The number of hydrogen-bond acceptors (Lipinski definition) is 6. The van der Waals surface area contributed by atoms with Crippen molar-refractivity contribution in [3.05, 3.63) is 24.3 Å². The molecule has 0 amide bonds. The van der Waals surface area contributed by atoms with Crippen molar-refractivity contribution in [1.29, 1.82) is 0 Å². The number of esters is 1. The van der Waals surface area contributed by atoms with Crippen molar-refractivity contribution in [3.63, 3.8) is 0 Å². The third kappa shape index (κ3) is 5.86. The minimum atomic E-state index is -1.23. The lowest BCUT2D eigenvalue weighted by atomic mass is 9.76. The highest BCUT2D eigenvalue weighted by atomic mass is 16.6. The first-order chi connectivity index (χ1) is 10.6. The van der Waals surface area contributed by atoms with Crippen LogP contribution in [0.5, 0.6) is 5.75 Å². The predicted octanol–water partition coefficient (Wildman–Crippen LogP) is 0.882. The Morgan fingerprint density at radius 3 is 2.48 bits per heavy atom. The zero-order chi connectivity index (χ0) is 17.7. The van der Waals surface area contributed by atoms with E-state index in [9.17, 15) is 14.9 Å². The van der Waals surface area contributed by atoms with Gasteiger partial charge in [0.2, 0.25) is 0 Å². The number of rotatable bonds is 8. The number of hydrogen-bond donors (Lipinski definition) is 2. The van der Waals surface area contributed by atoms with Gasteiger partial charge in [-0.15, -0.1) is 0 Å². The summed E-state index contributed by atoms with van der Waals surface area (Å²) < 4.78 is 15.7. The maximum absolute atomic E-state index is 11.3. The summed E-state index contributed by atoms with van der Waals surface area (Å²) in [5.41, 5.74) is -1.64. The van der Waals surface area contributed by atoms with Gasteiger partial charge in [0.1, 0.15) is 5.75 Å². The van der Waals surface area contributed by atoms with Crippen LogP contribution >= 0.6 is 0 Å². The maximum Gasteiger partial charge on any atom is 0.491 e. The molecule has 0 bridgehead atoms. The first-order valence-corrected chi connectivity index (χ1v) is 7.53. The van der Waals surface area contributed by atoms with Crippen molar-refractivity contribution in [2.45, 2.75) is 45.8 Å². The molecule has 0 heterocycles. The SMILES string of the molecule is CCOC(=O)COc1cccc(B(O)OC(C)(C)C(C)(C)O)c1. The van der Waals surface area contributed by atoms with Crippen LogP contribution in [0.1, 0.15) is 34.6 Å². The fourth-order valence-corrected chi connectivity index (χ4v) is 1.59. The lowest BCUT2D eigenvalue weighted by molar-refractivity contribution is -0.145. The van der Waals surface area contributed by atoms with E-state index in [1.165, 1.54) is 0 Å². The lowest BCUT2D eigenvalue weighted by Crippen LogP contribution is -2.53. The summed E-state index contributed by atoms with van der Waals surface area (Å²) in [6.45, 7) is 8.41. The standard InChI is InChI=1S/C16H25BO6/c1-6-21-14(18)11-22-13-9-7-8-12(10-13)17(20)23-16(4,5)15(2,3)19/h7-10,19-20H,6,11H2,1-5H3. The molecule has 2 N–H and O–H groups in total. The van der Waals surface area contributed by atoms with Crippen LogP contribution in [-0.4, -0.2) is 47.6 Å². The molecule has 0 spiro atoms. The van der Waals surface area contributed by atoms with Crippen LogP contribution in [0.4, 0.5) is 0 Å². The quantitative estimate of drug-likeness (QED) is 0.545. The van der Waals surface area contributed by atoms with E-state index in [2.05, 4.69) is 0 Å². The van der Waals surface area contributed by atoms with Crippen LogP contribution in [0.3, 0.4) is 0 Å². The molecule has 7 heteroatoms. The highest BCUT2D eigenvalue weighted by Crippen LogP contribution is 2.25. The minimum Gasteiger partial charge on any atom is -0.482 e. The van der Waals surface area contributed by atoms with Gasteiger partial charge in [-0.1, -0.05) is 12.1 Å². The smallest absolute Gasteiger partial charge is 0.482 e. The second-order valence-corrected chi connectivity index (χ2v) is 6.21. The number of benzene rings is 1. The molecular formula is C16H25BO6. The summed E-state index contributed by atoms with van der Waals surface area (Å²) in [6.07, 6.45) is 0. The Labute approximate surface area is 137 Å². The molecule has 0 aliphatic rings. The van der Waals surface area contributed by atoms with Crippen LogP contribution in [0, 0.1) is 0 Å². The van der Waals surface area contributed by atoms with Gasteiger partial charge in [0.15, 0.2) is 6.61 Å². The minimum absolute atomic E-state index is 0.205. The van der Waals surface area contributed by atoms with Gasteiger partial charge in [-0.05, 0) is 52.2 Å². The molecule has 0 fully saturated rings. The Bertz CT molecular complexity index is 524. The Morgan fingerprint density at radius 2 is 1.91 bits per heavy atom. The van der Waals surface area contributed by atoms with Crippen molar-refractivity contribution < 1.29 is 29.1 Å². The third-order valence-corrected chi connectivity index (χ3v) is 3.68. The monoisotopic (exact) mass is 324 g/mol. The zero-order valence-electron chi connectivity index (χ0n) is 14.3. The highest BCUT2D eigenvalue weighted by Gasteiger charge is 2.39.